The molecule has 1 aliphatic carbocycles. The lowest BCUT2D eigenvalue weighted by Crippen LogP contribution is -2.33. The SMILES string of the molecule is C=C(C)[C@@H]1CC(=O)C(CC)[C@@H](C(=C)C)C1. The predicted octanol–water partition coefficient (Wildman–Crippen LogP) is 3.76. The Labute approximate surface area is 93.3 Å². The minimum atomic E-state index is 0.207. The van der Waals surface area contributed by atoms with E-state index < -0.39 is 0 Å². The Morgan fingerprint density at radius 2 is 1.93 bits per heavy atom. The van der Waals surface area contributed by atoms with E-state index in [0.717, 1.165) is 24.0 Å². The highest BCUT2D eigenvalue weighted by Gasteiger charge is 2.35. The maximum atomic E-state index is 12.0. The van der Waals surface area contributed by atoms with E-state index in [1.165, 1.54) is 0 Å². The molecule has 0 spiro atoms. The lowest BCUT2D eigenvalue weighted by molar-refractivity contribution is -0.127. The minimum absolute atomic E-state index is 0.207. The van der Waals surface area contributed by atoms with Crippen LogP contribution >= 0.6 is 0 Å². The highest BCUT2D eigenvalue weighted by Crippen LogP contribution is 2.39. The molecular weight excluding hydrogens is 184 g/mol. The third-order valence-corrected chi connectivity index (χ3v) is 3.66. The zero-order valence-corrected chi connectivity index (χ0v) is 10.2. The van der Waals surface area contributed by atoms with Crippen molar-refractivity contribution in [2.24, 2.45) is 17.8 Å². The van der Waals surface area contributed by atoms with E-state index in [0.29, 0.717) is 24.0 Å². The van der Waals surface area contributed by atoms with Crippen molar-refractivity contribution in [3.05, 3.63) is 24.3 Å². The highest BCUT2D eigenvalue weighted by molar-refractivity contribution is 5.83. The van der Waals surface area contributed by atoms with Crippen LogP contribution in [-0.4, -0.2) is 5.78 Å². The standard InChI is InChI=1S/C14H22O/c1-6-12-13(10(4)5)7-11(9(2)3)8-14(12)15/h11-13H,2,4,6-8H2,1,3,5H3/t11-,12?,13+/m0/s1. The smallest absolute Gasteiger partial charge is 0.137 e. The van der Waals surface area contributed by atoms with Crippen LogP contribution < -0.4 is 0 Å². The van der Waals surface area contributed by atoms with Gasteiger partial charge in [-0.25, -0.2) is 0 Å². The maximum absolute atomic E-state index is 12.0. The molecule has 0 saturated heterocycles. The first kappa shape index (κ1) is 12.2. The molecule has 1 unspecified atom stereocenters. The first-order valence-corrected chi connectivity index (χ1v) is 5.80. The van der Waals surface area contributed by atoms with Crippen LogP contribution in [0.5, 0.6) is 0 Å². The Balaban J connectivity index is 2.86. The zero-order chi connectivity index (χ0) is 11.6. The molecule has 15 heavy (non-hydrogen) atoms. The van der Waals surface area contributed by atoms with Crippen molar-refractivity contribution in [3.63, 3.8) is 0 Å². The summed E-state index contributed by atoms with van der Waals surface area (Å²) in [5.41, 5.74) is 2.30. The summed E-state index contributed by atoms with van der Waals surface area (Å²) in [5, 5.41) is 0. The van der Waals surface area contributed by atoms with Crippen molar-refractivity contribution in [2.75, 3.05) is 0 Å². The van der Waals surface area contributed by atoms with E-state index in [9.17, 15) is 4.79 Å². The van der Waals surface area contributed by atoms with Crippen molar-refractivity contribution in [1.82, 2.24) is 0 Å². The summed E-state index contributed by atoms with van der Waals surface area (Å²) >= 11 is 0. The molecule has 3 atom stereocenters. The first-order chi connectivity index (χ1) is 6.97. The largest absolute Gasteiger partial charge is 0.299 e. The van der Waals surface area contributed by atoms with Crippen molar-refractivity contribution < 1.29 is 4.79 Å². The van der Waals surface area contributed by atoms with Gasteiger partial charge in [0.15, 0.2) is 0 Å². The maximum Gasteiger partial charge on any atom is 0.137 e. The summed E-state index contributed by atoms with van der Waals surface area (Å²) in [4.78, 5) is 12.0. The van der Waals surface area contributed by atoms with E-state index in [1.807, 2.05) is 13.8 Å². The van der Waals surface area contributed by atoms with Crippen LogP contribution in [0.25, 0.3) is 0 Å². The molecule has 0 aromatic carbocycles. The Hall–Kier alpha value is -0.850. The molecule has 0 N–H and O–H groups in total. The number of carbonyl (C=O) groups is 1. The van der Waals surface area contributed by atoms with Crippen molar-refractivity contribution in [3.8, 4) is 0 Å². The van der Waals surface area contributed by atoms with Crippen molar-refractivity contribution in [2.45, 2.75) is 40.0 Å². The van der Waals surface area contributed by atoms with Crippen LogP contribution in [0.2, 0.25) is 0 Å². The molecule has 1 aliphatic rings. The molecular formula is C14H22O. The van der Waals surface area contributed by atoms with Crippen LogP contribution in [0.4, 0.5) is 0 Å². The molecule has 1 saturated carbocycles. The molecule has 0 heterocycles. The van der Waals surface area contributed by atoms with Gasteiger partial charge in [0.05, 0.1) is 0 Å². The summed E-state index contributed by atoms with van der Waals surface area (Å²) in [6.07, 6.45) is 2.70. The van der Waals surface area contributed by atoms with Gasteiger partial charge in [-0.15, -0.1) is 0 Å². The van der Waals surface area contributed by atoms with Gasteiger partial charge in [0.25, 0.3) is 0 Å². The molecule has 0 bridgehead atoms. The minimum Gasteiger partial charge on any atom is -0.299 e. The molecule has 0 aromatic heterocycles. The van der Waals surface area contributed by atoms with Gasteiger partial charge in [-0.3, -0.25) is 4.79 Å². The third kappa shape index (κ3) is 2.58. The average molecular weight is 206 g/mol. The van der Waals surface area contributed by atoms with E-state index in [2.05, 4.69) is 20.1 Å². The van der Waals surface area contributed by atoms with E-state index in [1.54, 1.807) is 0 Å². The fourth-order valence-electron chi connectivity index (χ4n) is 2.60. The predicted molar refractivity (Wildman–Crippen MR) is 64.6 cm³/mol. The molecule has 0 amide bonds. The van der Waals surface area contributed by atoms with Gasteiger partial charge in [-0.1, -0.05) is 31.2 Å². The number of rotatable bonds is 3. The summed E-state index contributed by atoms with van der Waals surface area (Å²) in [6, 6.07) is 0. The molecule has 1 nitrogen and oxygen atoms in total. The number of ketones is 1. The molecule has 1 heteroatoms. The monoisotopic (exact) mass is 206 g/mol. The lowest BCUT2D eigenvalue weighted by atomic mass is 9.68. The molecule has 0 radical (unpaired) electrons. The Morgan fingerprint density at radius 3 is 2.33 bits per heavy atom. The van der Waals surface area contributed by atoms with E-state index in [-0.39, 0.29) is 5.92 Å². The van der Waals surface area contributed by atoms with Crippen LogP contribution in [0.15, 0.2) is 24.3 Å². The third-order valence-electron chi connectivity index (χ3n) is 3.66. The summed E-state index contributed by atoms with van der Waals surface area (Å²) < 4.78 is 0. The fourth-order valence-corrected chi connectivity index (χ4v) is 2.60. The summed E-state index contributed by atoms with van der Waals surface area (Å²) in [5.74, 6) is 1.36. The normalized spacial score (nSPS) is 31.4. The van der Waals surface area contributed by atoms with Crippen LogP contribution in [-0.2, 0) is 4.79 Å². The van der Waals surface area contributed by atoms with Crippen molar-refractivity contribution in [1.29, 1.82) is 0 Å². The molecule has 1 fully saturated rings. The van der Waals surface area contributed by atoms with Gasteiger partial charge >= 0.3 is 0 Å². The van der Waals surface area contributed by atoms with E-state index in [4.69, 9.17) is 0 Å². The zero-order valence-electron chi connectivity index (χ0n) is 10.2. The Kier molecular flexibility index (Phi) is 3.90. The number of Topliss-reactive ketones (excluding diaryl/α,β-unsaturated/α-hetero) is 1. The lowest BCUT2D eigenvalue weighted by Gasteiger charge is -2.35. The van der Waals surface area contributed by atoms with Gasteiger partial charge < -0.3 is 0 Å². The van der Waals surface area contributed by atoms with Gasteiger partial charge in [0.2, 0.25) is 0 Å². The Morgan fingerprint density at radius 1 is 1.33 bits per heavy atom. The highest BCUT2D eigenvalue weighted by atomic mass is 16.1. The fraction of sp³-hybridized carbons (Fsp3) is 0.643. The van der Waals surface area contributed by atoms with Crippen LogP contribution in [0.1, 0.15) is 40.0 Å². The summed E-state index contributed by atoms with van der Waals surface area (Å²) in [7, 11) is 0. The molecule has 0 aliphatic heterocycles. The number of allylic oxidation sites excluding steroid dienone is 2. The topological polar surface area (TPSA) is 17.1 Å². The number of carbonyl (C=O) groups excluding carboxylic acids is 1. The average Bonchev–Trinajstić information content (AvgIpc) is 2.16. The van der Waals surface area contributed by atoms with Gasteiger partial charge in [0.1, 0.15) is 5.78 Å². The van der Waals surface area contributed by atoms with Gasteiger partial charge in [-0.05, 0) is 38.5 Å². The van der Waals surface area contributed by atoms with Crippen molar-refractivity contribution >= 4 is 5.78 Å². The quantitative estimate of drug-likeness (QED) is 0.643. The van der Waals surface area contributed by atoms with Crippen LogP contribution in [0.3, 0.4) is 0 Å². The van der Waals surface area contributed by atoms with Gasteiger partial charge in [-0.2, -0.15) is 0 Å². The summed E-state index contributed by atoms with van der Waals surface area (Å²) in [6.45, 7) is 14.2. The number of hydrogen-bond donors (Lipinski definition) is 0. The molecule has 84 valence electrons. The second-order valence-corrected chi connectivity index (χ2v) is 4.92. The second-order valence-electron chi connectivity index (χ2n) is 4.92. The van der Waals surface area contributed by atoms with Crippen LogP contribution in [0, 0.1) is 17.8 Å². The van der Waals surface area contributed by atoms with Gasteiger partial charge in [0, 0.05) is 12.3 Å². The Bertz CT molecular complexity index is 288. The number of hydrogen-bond acceptors (Lipinski definition) is 1. The first-order valence-electron chi connectivity index (χ1n) is 5.80. The van der Waals surface area contributed by atoms with E-state index >= 15 is 0 Å². The second kappa shape index (κ2) is 4.78. The molecule has 1 rings (SSSR count). The molecule has 0 aromatic rings.